The normalized spacial score (nSPS) is 22.1. The molecule has 0 bridgehead atoms. The summed E-state index contributed by atoms with van der Waals surface area (Å²) in [4.78, 5) is 0. The highest BCUT2D eigenvalue weighted by Crippen LogP contribution is 2.49. The van der Waals surface area contributed by atoms with Crippen molar-refractivity contribution in [1.29, 1.82) is 0 Å². The lowest BCUT2D eigenvalue weighted by molar-refractivity contribution is -0.0514. The fourth-order valence-electron chi connectivity index (χ4n) is 2.04. The van der Waals surface area contributed by atoms with Gasteiger partial charge in [0.2, 0.25) is 0 Å². The lowest BCUT2D eigenvalue weighted by atomic mass is 10.1. The zero-order valence-corrected chi connectivity index (χ0v) is 10.8. The van der Waals surface area contributed by atoms with Crippen molar-refractivity contribution in [3.05, 3.63) is 23.8 Å². The predicted molar refractivity (Wildman–Crippen MR) is 65.8 cm³/mol. The number of benzene rings is 1. The van der Waals surface area contributed by atoms with E-state index in [-0.39, 0.29) is 5.75 Å². The third kappa shape index (κ3) is 3.05. The largest absolute Gasteiger partial charge is 0.490 e. The predicted octanol–water partition coefficient (Wildman–Crippen LogP) is 4.03. The van der Waals surface area contributed by atoms with Crippen LogP contribution in [-0.4, -0.2) is 19.1 Å². The van der Waals surface area contributed by atoms with Crippen LogP contribution in [0.3, 0.4) is 0 Å². The van der Waals surface area contributed by atoms with Gasteiger partial charge in [-0.05, 0) is 42.9 Å². The summed E-state index contributed by atoms with van der Waals surface area (Å²) in [7, 11) is 0. The molecule has 0 spiro atoms. The van der Waals surface area contributed by atoms with E-state index in [4.69, 9.17) is 16.3 Å². The van der Waals surface area contributed by atoms with Gasteiger partial charge >= 0.3 is 6.61 Å². The first-order valence-corrected chi connectivity index (χ1v) is 6.46. The number of halogens is 3. The quantitative estimate of drug-likeness (QED) is 0.731. The first-order chi connectivity index (χ1) is 8.65. The van der Waals surface area contributed by atoms with E-state index < -0.39 is 6.61 Å². The van der Waals surface area contributed by atoms with Crippen LogP contribution in [0.1, 0.15) is 24.8 Å². The zero-order chi connectivity index (χ0) is 13.1. The summed E-state index contributed by atoms with van der Waals surface area (Å²) in [6.45, 7) is -0.629. The molecule has 1 saturated carbocycles. The fraction of sp³-hybridized carbons (Fsp3) is 0.538. The Labute approximate surface area is 110 Å². The number of hydrogen-bond acceptors (Lipinski definition) is 2. The monoisotopic (exact) mass is 276 g/mol. The van der Waals surface area contributed by atoms with Gasteiger partial charge in [0.1, 0.15) is 0 Å². The maximum Gasteiger partial charge on any atom is 0.387 e. The van der Waals surface area contributed by atoms with Gasteiger partial charge in [0.15, 0.2) is 11.5 Å². The van der Waals surface area contributed by atoms with Crippen molar-refractivity contribution >= 4 is 11.6 Å². The SMILES string of the molecule is CCOc1cc(C2CC2CCl)ccc1OC(F)F. The van der Waals surface area contributed by atoms with Crippen LogP contribution in [-0.2, 0) is 0 Å². The molecule has 2 nitrogen and oxygen atoms in total. The molecule has 0 aromatic heterocycles. The Morgan fingerprint density at radius 2 is 2.17 bits per heavy atom. The van der Waals surface area contributed by atoms with E-state index in [9.17, 15) is 8.78 Å². The average Bonchev–Trinajstić information content (AvgIpc) is 3.10. The molecule has 1 aromatic rings. The average molecular weight is 277 g/mol. The molecule has 18 heavy (non-hydrogen) atoms. The van der Waals surface area contributed by atoms with E-state index in [1.54, 1.807) is 19.1 Å². The van der Waals surface area contributed by atoms with E-state index in [1.165, 1.54) is 6.07 Å². The summed E-state index contributed by atoms with van der Waals surface area (Å²) < 4.78 is 34.2. The third-order valence-corrected chi connectivity index (χ3v) is 3.43. The lowest BCUT2D eigenvalue weighted by Crippen LogP contribution is -2.05. The van der Waals surface area contributed by atoms with Gasteiger partial charge in [-0.3, -0.25) is 0 Å². The highest BCUT2D eigenvalue weighted by atomic mass is 35.5. The first kappa shape index (κ1) is 13.4. The molecule has 1 aromatic carbocycles. The van der Waals surface area contributed by atoms with Crippen LogP contribution >= 0.6 is 11.6 Å². The van der Waals surface area contributed by atoms with Gasteiger partial charge < -0.3 is 9.47 Å². The van der Waals surface area contributed by atoms with Gasteiger partial charge in [0, 0.05) is 5.88 Å². The minimum absolute atomic E-state index is 0.0821. The van der Waals surface area contributed by atoms with E-state index >= 15 is 0 Å². The van der Waals surface area contributed by atoms with Crippen LogP contribution < -0.4 is 9.47 Å². The van der Waals surface area contributed by atoms with Gasteiger partial charge in [-0.2, -0.15) is 8.78 Å². The second-order valence-corrected chi connectivity index (χ2v) is 4.58. The van der Waals surface area contributed by atoms with Crippen LogP contribution in [0.15, 0.2) is 18.2 Å². The van der Waals surface area contributed by atoms with E-state index in [1.807, 2.05) is 0 Å². The molecule has 1 aliphatic carbocycles. The molecule has 0 heterocycles. The Hall–Kier alpha value is -1.03. The van der Waals surface area contributed by atoms with Crippen molar-refractivity contribution in [3.8, 4) is 11.5 Å². The van der Waals surface area contributed by atoms with Crippen molar-refractivity contribution in [2.45, 2.75) is 25.9 Å². The standard InChI is InChI=1S/C13H15ClF2O2/c1-2-17-12-6-8(10-5-9(10)7-14)3-4-11(12)18-13(15)16/h3-4,6,9-10,13H,2,5,7H2,1H3. The molecule has 1 fully saturated rings. The minimum atomic E-state index is -2.84. The number of rotatable bonds is 6. The van der Waals surface area contributed by atoms with Gasteiger partial charge in [0.05, 0.1) is 6.61 Å². The van der Waals surface area contributed by atoms with Gasteiger partial charge in [-0.15, -0.1) is 11.6 Å². The number of alkyl halides is 3. The number of ether oxygens (including phenoxy) is 2. The smallest absolute Gasteiger partial charge is 0.387 e. The maximum absolute atomic E-state index is 12.2. The van der Waals surface area contributed by atoms with E-state index in [0.717, 1.165) is 12.0 Å². The van der Waals surface area contributed by atoms with Crippen LogP contribution in [0.5, 0.6) is 11.5 Å². The Morgan fingerprint density at radius 3 is 2.72 bits per heavy atom. The van der Waals surface area contributed by atoms with E-state index in [2.05, 4.69) is 4.74 Å². The summed E-state index contributed by atoms with van der Waals surface area (Å²) in [6, 6.07) is 5.12. The molecular weight excluding hydrogens is 262 g/mol. The Bertz CT molecular complexity index is 412. The zero-order valence-electron chi connectivity index (χ0n) is 10.0. The third-order valence-electron chi connectivity index (χ3n) is 3.03. The van der Waals surface area contributed by atoms with Crippen molar-refractivity contribution in [2.24, 2.45) is 5.92 Å². The summed E-state index contributed by atoms with van der Waals surface area (Å²) in [5.74, 6) is 1.99. The van der Waals surface area contributed by atoms with Crippen LogP contribution in [0, 0.1) is 5.92 Å². The van der Waals surface area contributed by atoms with E-state index in [0.29, 0.717) is 30.1 Å². The Balaban J connectivity index is 2.17. The lowest BCUT2D eigenvalue weighted by Gasteiger charge is -2.12. The molecule has 0 radical (unpaired) electrons. The molecule has 0 amide bonds. The van der Waals surface area contributed by atoms with Gasteiger partial charge in [-0.25, -0.2) is 0 Å². The molecule has 100 valence electrons. The molecule has 0 saturated heterocycles. The summed E-state index contributed by atoms with van der Waals surface area (Å²) in [5.41, 5.74) is 1.07. The van der Waals surface area contributed by atoms with Crippen LogP contribution in [0.4, 0.5) is 8.78 Å². The molecule has 1 aliphatic rings. The molecule has 0 aliphatic heterocycles. The van der Waals surface area contributed by atoms with Crippen molar-refractivity contribution in [1.82, 2.24) is 0 Å². The molecular formula is C13H15ClF2O2. The molecule has 2 unspecified atom stereocenters. The van der Waals surface area contributed by atoms with Gasteiger partial charge in [-0.1, -0.05) is 6.07 Å². The maximum atomic E-state index is 12.2. The van der Waals surface area contributed by atoms with Gasteiger partial charge in [0.25, 0.3) is 0 Å². The summed E-state index contributed by atoms with van der Waals surface area (Å²) in [6.07, 6.45) is 1.05. The van der Waals surface area contributed by atoms with Crippen molar-refractivity contribution in [2.75, 3.05) is 12.5 Å². The summed E-state index contributed by atoms with van der Waals surface area (Å²) >= 11 is 5.79. The van der Waals surface area contributed by atoms with Crippen LogP contribution in [0.2, 0.25) is 0 Å². The second kappa shape index (κ2) is 5.74. The Morgan fingerprint density at radius 1 is 1.39 bits per heavy atom. The minimum Gasteiger partial charge on any atom is -0.490 e. The van der Waals surface area contributed by atoms with Crippen LogP contribution in [0.25, 0.3) is 0 Å². The topological polar surface area (TPSA) is 18.5 Å². The van der Waals surface area contributed by atoms with Crippen molar-refractivity contribution < 1.29 is 18.3 Å². The van der Waals surface area contributed by atoms with Crippen molar-refractivity contribution in [3.63, 3.8) is 0 Å². The number of hydrogen-bond donors (Lipinski definition) is 0. The molecule has 2 rings (SSSR count). The Kier molecular flexibility index (Phi) is 4.27. The summed E-state index contributed by atoms with van der Waals surface area (Å²) in [5, 5.41) is 0. The highest BCUT2D eigenvalue weighted by Gasteiger charge is 2.37. The first-order valence-electron chi connectivity index (χ1n) is 5.93. The molecule has 2 atom stereocenters. The fourth-order valence-corrected chi connectivity index (χ4v) is 2.38. The second-order valence-electron chi connectivity index (χ2n) is 4.27. The molecule has 0 N–H and O–H groups in total. The molecule has 5 heteroatoms. The highest BCUT2D eigenvalue weighted by molar-refractivity contribution is 6.18.